The van der Waals surface area contributed by atoms with Crippen molar-refractivity contribution in [3.05, 3.63) is 21.2 Å². The van der Waals surface area contributed by atoms with E-state index in [-0.39, 0.29) is 12.2 Å². The van der Waals surface area contributed by atoms with E-state index in [1.165, 1.54) is 0 Å². The molecule has 6 heteroatoms. The Morgan fingerprint density at radius 3 is 2.40 bits per heavy atom. The average molecular weight is 163 g/mol. The molecule has 1 aliphatic rings. The first-order valence-electron chi connectivity index (χ1n) is 2.61. The fraction of sp³-hybridized carbons (Fsp3) is 0.500. The number of allylic oxidation sites excluding steroid dienone is 1. The molecule has 0 atom stereocenters. The summed E-state index contributed by atoms with van der Waals surface area (Å²) in [5.74, 6) is -0.122. The molecular weight excluding hydrogens is 158 g/mol. The van der Waals surface area contributed by atoms with Crippen molar-refractivity contribution in [1.29, 1.82) is 0 Å². The van der Waals surface area contributed by atoms with Crippen molar-refractivity contribution in [1.82, 2.24) is 0 Å². The van der Waals surface area contributed by atoms with E-state index >= 15 is 0 Å². The number of sulfone groups is 1. The van der Waals surface area contributed by atoms with Gasteiger partial charge in [-0.05, 0) is 6.42 Å². The fourth-order valence-corrected chi connectivity index (χ4v) is 1.99. The van der Waals surface area contributed by atoms with Crippen LogP contribution in [0, 0.1) is 10.1 Å². The molecular formula is C4H5NO4S. The lowest BCUT2D eigenvalue weighted by Gasteiger charge is -1.88. The van der Waals surface area contributed by atoms with Crippen molar-refractivity contribution in [3.8, 4) is 0 Å². The van der Waals surface area contributed by atoms with Gasteiger partial charge in [0, 0.05) is 6.08 Å². The van der Waals surface area contributed by atoms with Crippen LogP contribution >= 0.6 is 0 Å². The van der Waals surface area contributed by atoms with Gasteiger partial charge in [0.05, 0.1) is 10.7 Å². The van der Waals surface area contributed by atoms with Gasteiger partial charge in [0.2, 0.25) is 9.84 Å². The van der Waals surface area contributed by atoms with Crippen molar-refractivity contribution in [2.75, 3.05) is 5.75 Å². The monoisotopic (exact) mass is 163 g/mol. The molecule has 0 bridgehead atoms. The van der Waals surface area contributed by atoms with Gasteiger partial charge in [-0.1, -0.05) is 0 Å². The molecule has 0 N–H and O–H groups in total. The molecule has 5 nitrogen and oxygen atoms in total. The van der Waals surface area contributed by atoms with Crippen LogP contribution in [0.1, 0.15) is 6.42 Å². The molecule has 0 aromatic heterocycles. The SMILES string of the molecule is O=[N+]([O-])C1=CCCS1(=O)=O. The Morgan fingerprint density at radius 1 is 1.60 bits per heavy atom. The molecule has 0 spiro atoms. The molecule has 0 saturated heterocycles. The maximum absolute atomic E-state index is 10.7. The normalized spacial score (nSPS) is 22.2. The van der Waals surface area contributed by atoms with E-state index in [1.807, 2.05) is 0 Å². The first-order valence-corrected chi connectivity index (χ1v) is 4.26. The standard InChI is InChI=1S/C4H5NO4S/c6-5(7)4-2-1-3-10(4,8)9/h2H,1,3H2. The summed E-state index contributed by atoms with van der Waals surface area (Å²) in [6.45, 7) is 0. The lowest BCUT2D eigenvalue weighted by atomic mass is 10.5. The van der Waals surface area contributed by atoms with Crippen molar-refractivity contribution in [2.24, 2.45) is 0 Å². The van der Waals surface area contributed by atoms with Crippen LogP contribution in [0.5, 0.6) is 0 Å². The van der Waals surface area contributed by atoms with E-state index < -0.39 is 19.8 Å². The average Bonchev–Trinajstić information content (AvgIpc) is 2.08. The Kier molecular flexibility index (Phi) is 1.47. The van der Waals surface area contributed by atoms with E-state index in [2.05, 4.69) is 0 Å². The van der Waals surface area contributed by atoms with Crippen molar-refractivity contribution >= 4 is 9.84 Å². The van der Waals surface area contributed by atoms with Crippen LogP contribution in [-0.4, -0.2) is 19.1 Å². The smallest absolute Gasteiger partial charge is 0.258 e. The quantitative estimate of drug-likeness (QED) is 0.400. The van der Waals surface area contributed by atoms with E-state index in [1.54, 1.807) is 0 Å². The molecule has 0 saturated carbocycles. The van der Waals surface area contributed by atoms with E-state index in [4.69, 9.17) is 0 Å². The molecule has 1 aliphatic heterocycles. The minimum absolute atomic E-state index is 0.122. The third-order valence-corrected chi connectivity index (χ3v) is 2.93. The van der Waals surface area contributed by atoms with Crippen LogP contribution in [0.25, 0.3) is 0 Å². The molecule has 0 unspecified atom stereocenters. The lowest BCUT2D eigenvalue weighted by Crippen LogP contribution is -2.09. The summed E-state index contributed by atoms with van der Waals surface area (Å²) in [5.41, 5.74) is 0. The maximum Gasteiger partial charge on any atom is 0.355 e. The first kappa shape index (κ1) is 7.20. The zero-order valence-electron chi connectivity index (χ0n) is 4.98. The molecule has 0 amide bonds. The van der Waals surface area contributed by atoms with Crippen LogP contribution < -0.4 is 0 Å². The minimum atomic E-state index is -3.52. The van der Waals surface area contributed by atoms with Gasteiger partial charge < -0.3 is 0 Å². The van der Waals surface area contributed by atoms with E-state index in [9.17, 15) is 18.5 Å². The van der Waals surface area contributed by atoms with E-state index in [0.717, 1.165) is 6.08 Å². The summed E-state index contributed by atoms with van der Waals surface area (Å²) in [5, 5.41) is 9.33. The second-order valence-electron chi connectivity index (χ2n) is 1.91. The third kappa shape index (κ3) is 1.02. The number of hydrogen-bond acceptors (Lipinski definition) is 4. The molecule has 56 valence electrons. The molecule has 0 aromatic carbocycles. The zero-order valence-corrected chi connectivity index (χ0v) is 5.80. The predicted octanol–water partition coefficient (Wildman–Crippen LogP) is -0.0770. The zero-order chi connectivity index (χ0) is 7.78. The highest BCUT2D eigenvalue weighted by atomic mass is 32.2. The second kappa shape index (κ2) is 2.05. The number of nitro groups is 1. The van der Waals surface area contributed by atoms with Gasteiger partial charge in [-0.3, -0.25) is 10.1 Å². The summed E-state index contributed by atoms with van der Waals surface area (Å²) >= 11 is 0. The van der Waals surface area contributed by atoms with E-state index in [0.29, 0.717) is 0 Å². The van der Waals surface area contributed by atoms with Gasteiger partial charge >= 0.3 is 5.03 Å². The maximum atomic E-state index is 10.7. The fourth-order valence-electron chi connectivity index (χ4n) is 0.757. The summed E-state index contributed by atoms with van der Waals surface area (Å²) in [6.07, 6.45) is 1.40. The lowest BCUT2D eigenvalue weighted by molar-refractivity contribution is -0.411. The van der Waals surface area contributed by atoms with Gasteiger partial charge in [0.15, 0.2) is 0 Å². The molecule has 0 radical (unpaired) electrons. The van der Waals surface area contributed by atoms with Gasteiger partial charge in [0.1, 0.15) is 0 Å². The van der Waals surface area contributed by atoms with Crippen molar-refractivity contribution in [3.63, 3.8) is 0 Å². The second-order valence-corrected chi connectivity index (χ2v) is 3.96. The molecule has 0 aromatic rings. The van der Waals surface area contributed by atoms with Crippen LogP contribution in [0.15, 0.2) is 11.1 Å². The molecule has 1 heterocycles. The molecule has 1 rings (SSSR count). The molecule has 0 fully saturated rings. The van der Waals surface area contributed by atoms with Crippen LogP contribution in [-0.2, 0) is 9.84 Å². The van der Waals surface area contributed by atoms with Gasteiger partial charge in [-0.25, -0.2) is 8.42 Å². The molecule has 10 heavy (non-hydrogen) atoms. The highest BCUT2D eigenvalue weighted by molar-refractivity contribution is 7.95. The van der Waals surface area contributed by atoms with Gasteiger partial charge in [-0.15, -0.1) is 0 Å². The predicted molar refractivity (Wildman–Crippen MR) is 33.5 cm³/mol. The van der Waals surface area contributed by atoms with Gasteiger partial charge in [-0.2, -0.15) is 0 Å². The third-order valence-electron chi connectivity index (χ3n) is 1.20. The topological polar surface area (TPSA) is 77.3 Å². The summed E-state index contributed by atoms with van der Waals surface area (Å²) < 4.78 is 21.4. The highest BCUT2D eigenvalue weighted by Gasteiger charge is 2.32. The Balaban J connectivity index is 3.09. The summed E-state index contributed by atoms with van der Waals surface area (Å²) in [7, 11) is -3.52. The Hall–Kier alpha value is -0.910. The van der Waals surface area contributed by atoms with Gasteiger partial charge in [0.25, 0.3) is 0 Å². The summed E-state index contributed by atoms with van der Waals surface area (Å²) in [4.78, 5) is 9.12. The number of nitrogens with zero attached hydrogens (tertiary/aromatic N) is 1. The van der Waals surface area contributed by atoms with Crippen LogP contribution in [0.4, 0.5) is 0 Å². The molecule has 0 aliphatic carbocycles. The largest absolute Gasteiger partial charge is 0.355 e. The Bertz CT molecular complexity index is 288. The van der Waals surface area contributed by atoms with Crippen molar-refractivity contribution in [2.45, 2.75) is 6.42 Å². The number of hydrogen-bond donors (Lipinski definition) is 0. The van der Waals surface area contributed by atoms with Crippen LogP contribution in [0.2, 0.25) is 0 Å². The Labute approximate surface area is 57.4 Å². The first-order chi connectivity index (χ1) is 4.54. The highest BCUT2D eigenvalue weighted by Crippen LogP contribution is 2.17. The van der Waals surface area contributed by atoms with Crippen LogP contribution in [0.3, 0.4) is 0 Å². The minimum Gasteiger partial charge on any atom is -0.258 e. The Morgan fingerprint density at radius 2 is 2.20 bits per heavy atom. The van der Waals surface area contributed by atoms with Crippen molar-refractivity contribution < 1.29 is 13.3 Å². The summed E-state index contributed by atoms with van der Waals surface area (Å²) in [6, 6.07) is 0. The number of rotatable bonds is 1.